The molecular formula is C16H27NO3S. The second-order valence-corrected chi connectivity index (χ2v) is 8.45. The lowest BCUT2D eigenvalue weighted by Gasteiger charge is -2.26. The van der Waals surface area contributed by atoms with Gasteiger partial charge in [-0.05, 0) is 43.4 Å². The molecule has 0 atom stereocenters. The monoisotopic (exact) mass is 313 g/mol. The number of sulfonamides is 1. The van der Waals surface area contributed by atoms with Crippen molar-refractivity contribution in [2.75, 3.05) is 13.2 Å². The van der Waals surface area contributed by atoms with Crippen LogP contribution in [0.15, 0.2) is 29.2 Å². The summed E-state index contributed by atoms with van der Waals surface area (Å²) < 4.78 is 26.8. The summed E-state index contributed by atoms with van der Waals surface area (Å²) in [6.07, 6.45) is 0.442. The first-order valence-electron chi connectivity index (χ1n) is 7.34. The van der Waals surface area contributed by atoms with Crippen molar-refractivity contribution in [2.24, 2.45) is 0 Å². The van der Waals surface area contributed by atoms with Crippen molar-refractivity contribution in [3.05, 3.63) is 29.8 Å². The van der Waals surface area contributed by atoms with Gasteiger partial charge in [0.2, 0.25) is 10.0 Å². The molecule has 1 N–H and O–H groups in total. The summed E-state index contributed by atoms with van der Waals surface area (Å²) in [5.41, 5.74) is 1.10. The highest BCUT2D eigenvalue weighted by molar-refractivity contribution is 7.89. The van der Waals surface area contributed by atoms with E-state index in [-0.39, 0.29) is 18.1 Å². The molecule has 4 nitrogen and oxygen atoms in total. The van der Waals surface area contributed by atoms with Gasteiger partial charge < -0.3 is 5.11 Å². The van der Waals surface area contributed by atoms with Crippen molar-refractivity contribution in [3.8, 4) is 0 Å². The molecule has 1 aromatic carbocycles. The van der Waals surface area contributed by atoms with Crippen LogP contribution in [0.25, 0.3) is 0 Å². The first kappa shape index (κ1) is 18.1. The average Bonchev–Trinajstić information content (AvgIpc) is 2.37. The molecule has 0 amide bonds. The van der Waals surface area contributed by atoms with Gasteiger partial charge in [0.15, 0.2) is 0 Å². The molecule has 0 bridgehead atoms. The summed E-state index contributed by atoms with van der Waals surface area (Å²) in [5.74, 6) is 0. The Bertz CT molecular complexity index is 542. The van der Waals surface area contributed by atoms with E-state index in [0.29, 0.717) is 17.9 Å². The fourth-order valence-corrected chi connectivity index (χ4v) is 3.82. The Kier molecular flexibility index (Phi) is 5.96. The molecule has 5 heteroatoms. The second kappa shape index (κ2) is 6.90. The van der Waals surface area contributed by atoms with E-state index in [9.17, 15) is 8.42 Å². The zero-order valence-corrected chi connectivity index (χ0v) is 14.4. The van der Waals surface area contributed by atoms with Crippen LogP contribution in [0.5, 0.6) is 0 Å². The highest BCUT2D eigenvalue weighted by atomic mass is 32.2. The van der Waals surface area contributed by atoms with Crippen molar-refractivity contribution in [1.82, 2.24) is 4.31 Å². The third-order valence-corrected chi connectivity index (χ3v) is 5.53. The molecule has 1 aromatic rings. The van der Waals surface area contributed by atoms with Gasteiger partial charge in [-0.15, -0.1) is 0 Å². The van der Waals surface area contributed by atoms with E-state index in [1.165, 1.54) is 4.31 Å². The standard InChI is InChI=1S/C16H27NO3S/c1-13(2)17(11-6-12-18)21(19,20)15-9-7-14(8-10-15)16(3,4)5/h7-10,13,18H,6,11-12H2,1-5H3. The van der Waals surface area contributed by atoms with Gasteiger partial charge in [-0.25, -0.2) is 8.42 Å². The van der Waals surface area contributed by atoms with Crippen molar-refractivity contribution < 1.29 is 13.5 Å². The van der Waals surface area contributed by atoms with Crippen LogP contribution >= 0.6 is 0 Å². The minimum Gasteiger partial charge on any atom is -0.396 e. The maximum Gasteiger partial charge on any atom is 0.243 e. The van der Waals surface area contributed by atoms with Gasteiger partial charge in [0.25, 0.3) is 0 Å². The second-order valence-electron chi connectivity index (χ2n) is 6.56. The average molecular weight is 313 g/mol. The van der Waals surface area contributed by atoms with Crippen LogP contribution in [0.4, 0.5) is 0 Å². The Morgan fingerprint density at radius 1 is 1.14 bits per heavy atom. The Hall–Kier alpha value is -0.910. The largest absolute Gasteiger partial charge is 0.396 e. The highest BCUT2D eigenvalue weighted by Gasteiger charge is 2.26. The summed E-state index contributed by atoms with van der Waals surface area (Å²) >= 11 is 0. The maximum absolute atomic E-state index is 12.7. The molecule has 0 aliphatic carbocycles. The molecule has 1 rings (SSSR count). The van der Waals surface area contributed by atoms with Crippen molar-refractivity contribution in [1.29, 1.82) is 0 Å². The Morgan fingerprint density at radius 2 is 1.67 bits per heavy atom. The van der Waals surface area contributed by atoms with E-state index >= 15 is 0 Å². The molecule has 0 unspecified atom stereocenters. The van der Waals surface area contributed by atoms with Crippen molar-refractivity contribution in [3.63, 3.8) is 0 Å². The van der Waals surface area contributed by atoms with Gasteiger partial charge in [0.1, 0.15) is 0 Å². The molecular weight excluding hydrogens is 286 g/mol. The van der Waals surface area contributed by atoms with Crippen molar-refractivity contribution in [2.45, 2.75) is 57.4 Å². The number of benzene rings is 1. The van der Waals surface area contributed by atoms with E-state index in [2.05, 4.69) is 20.8 Å². The van der Waals surface area contributed by atoms with Crippen LogP contribution in [0.2, 0.25) is 0 Å². The zero-order valence-electron chi connectivity index (χ0n) is 13.6. The van der Waals surface area contributed by atoms with Gasteiger partial charge in [0, 0.05) is 19.2 Å². The first-order chi connectivity index (χ1) is 9.60. The van der Waals surface area contributed by atoms with E-state index in [1.807, 2.05) is 26.0 Å². The molecule has 0 aliphatic rings. The number of hydrogen-bond acceptors (Lipinski definition) is 3. The van der Waals surface area contributed by atoms with Crippen LogP contribution in [0.3, 0.4) is 0 Å². The first-order valence-corrected chi connectivity index (χ1v) is 8.78. The van der Waals surface area contributed by atoms with Gasteiger partial charge in [0.05, 0.1) is 4.90 Å². The summed E-state index contributed by atoms with van der Waals surface area (Å²) in [6, 6.07) is 6.95. The zero-order chi connectivity index (χ0) is 16.3. The van der Waals surface area contributed by atoms with E-state index < -0.39 is 10.0 Å². The molecule has 21 heavy (non-hydrogen) atoms. The number of aliphatic hydroxyl groups excluding tert-OH is 1. The predicted octanol–water partition coefficient (Wildman–Crippen LogP) is 2.77. The summed E-state index contributed by atoms with van der Waals surface area (Å²) in [6.45, 7) is 10.3. The Balaban J connectivity index is 3.11. The number of nitrogens with zero attached hydrogens (tertiary/aromatic N) is 1. The fraction of sp³-hybridized carbons (Fsp3) is 0.625. The Labute approximate surface area is 128 Å². The summed E-state index contributed by atoms with van der Waals surface area (Å²) in [7, 11) is -3.51. The third kappa shape index (κ3) is 4.53. The van der Waals surface area contributed by atoms with Gasteiger partial charge in [-0.2, -0.15) is 4.31 Å². The lowest BCUT2D eigenvalue weighted by molar-refractivity contribution is 0.258. The van der Waals surface area contributed by atoms with E-state index in [0.717, 1.165) is 5.56 Å². The SMILES string of the molecule is CC(C)N(CCCO)S(=O)(=O)c1ccc(C(C)(C)C)cc1. The molecule has 0 spiro atoms. The quantitative estimate of drug-likeness (QED) is 0.878. The highest BCUT2D eigenvalue weighted by Crippen LogP contribution is 2.25. The molecule has 0 heterocycles. The lowest BCUT2D eigenvalue weighted by atomic mass is 9.87. The predicted molar refractivity (Wildman–Crippen MR) is 85.9 cm³/mol. The normalized spacial score (nSPS) is 13.1. The molecule has 0 radical (unpaired) electrons. The Morgan fingerprint density at radius 3 is 2.05 bits per heavy atom. The van der Waals surface area contributed by atoms with Crippen LogP contribution < -0.4 is 0 Å². The van der Waals surface area contributed by atoms with Gasteiger partial charge in [-0.3, -0.25) is 0 Å². The van der Waals surface area contributed by atoms with Crippen molar-refractivity contribution >= 4 is 10.0 Å². The minimum atomic E-state index is -3.51. The third-order valence-electron chi connectivity index (χ3n) is 3.44. The van der Waals surface area contributed by atoms with Crippen LogP contribution in [-0.2, 0) is 15.4 Å². The summed E-state index contributed by atoms with van der Waals surface area (Å²) in [4.78, 5) is 0.308. The number of rotatable bonds is 6. The number of aliphatic hydroxyl groups is 1. The summed E-state index contributed by atoms with van der Waals surface area (Å²) in [5, 5.41) is 8.94. The molecule has 0 saturated carbocycles. The topological polar surface area (TPSA) is 57.6 Å². The molecule has 0 saturated heterocycles. The molecule has 0 fully saturated rings. The molecule has 0 aromatic heterocycles. The molecule has 120 valence electrons. The van der Waals surface area contributed by atoms with Crippen LogP contribution in [-0.4, -0.2) is 37.0 Å². The lowest BCUT2D eigenvalue weighted by Crippen LogP contribution is -2.38. The van der Waals surface area contributed by atoms with Crippen LogP contribution in [0.1, 0.15) is 46.6 Å². The van der Waals surface area contributed by atoms with Gasteiger partial charge >= 0.3 is 0 Å². The smallest absolute Gasteiger partial charge is 0.243 e. The molecule has 0 aliphatic heterocycles. The van der Waals surface area contributed by atoms with Gasteiger partial charge in [-0.1, -0.05) is 32.9 Å². The maximum atomic E-state index is 12.7. The fourth-order valence-electron chi connectivity index (χ4n) is 2.14. The number of hydrogen-bond donors (Lipinski definition) is 1. The van der Waals surface area contributed by atoms with E-state index in [4.69, 9.17) is 5.11 Å². The van der Waals surface area contributed by atoms with Crippen LogP contribution in [0, 0.1) is 0 Å². The minimum absolute atomic E-state index is 0.00306. The van der Waals surface area contributed by atoms with E-state index in [1.54, 1.807) is 12.1 Å².